The Morgan fingerprint density at radius 2 is 2.06 bits per heavy atom. The molecule has 3 heteroatoms. The highest BCUT2D eigenvalue weighted by atomic mass is 16.5. The average molecular weight is 228 g/mol. The van der Waals surface area contributed by atoms with Crippen molar-refractivity contribution in [1.82, 2.24) is 10.2 Å². The average Bonchev–Trinajstić information content (AvgIpc) is 2.81. The molecule has 0 bridgehead atoms. The summed E-state index contributed by atoms with van der Waals surface area (Å²) in [5, 5.41) is 7.54. The Balaban J connectivity index is 1.71. The largest absolute Gasteiger partial charge is 0.376 e. The van der Waals surface area contributed by atoms with E-state index in [1.807, 2.05) is 6.07 Å². The first kappa shape index (κ1) is 10.5. The predicted octanol–water partition coefficient (Wildman–Crippen LogP) is 2.27. The normalized spacial score (nSPS) is 14.6. The summed E-state index contributed by atoms with van der Waals surface area (Å²) in [4.78, 5) is 0. The number of rotatable bonds is 3. The summed E-state index contributed by atoms with van der Waals surface area (Å²) >= 11 is 0. The second-order valence-electron chi connectivity index (χ2n) is 4.42. The zero-order valence-corrected chi connectivity index (χ0v) is 9.78. The molecule has 1 N–H and O–H groups in total. The van der Waals surface area contributed by atoms with E-state index in [-0.39, 0.29) is 0 Å². The number of hydrogen-bond acceptors (Lipinski definition) is 2. The van der Waals surface area contributed by atoms with E-state index in [1.54, 1.807) is 0 Å². The highest BCUT2D eigenvalue weighted by Crippen LogP contribution is 2.19. The number of nitrogens with zero attached hydrogens (tertiary/aromatic N) is 1. The van der Waals surface area contributed by atoms with E-state index >= 15 is 0 Å². The van der Waals surface area contributed by atoms with Crippen LogP contribution in [-0.4, -0.2) is 16.8 Å². The van der Waals surface area contributed by atoms with Crippen LogP contribution in [0.4, 0.5) is 0 Å². The van der Waals surface area contributed by atoms with Crippen LogP contribution >= 0.6 is 0 Å². The van der Waals surface area contributed by atoms with Gasteiger partial charge in [-0.3, -0.25) is 5.10 Å². The van der Waals surface area contributed by atoms with Crippen LogP contribution in [0.5, 0.6) is 0 Å². The minimum Gasteiger partial charge on any atom is -0.376 e. The summed E-state index contributed by atoms with van der Waals surface area (Å²) < 4.78 is 5.49. The molecule has 1 aliphatic rings. The molecule has 0 unspecified atom stereocenters. The van der Waals surface area contributed by atoms with Crippen LogP contribution in [0.1, 0.15) is 22.5 Å². The first-order chi connectivity index (χ1) is 8.43. The van der Waals surface area contributed by atoms with Gasteiger partial charge in [0.25, 0.3) is 0 Å². The molecule has 0 saturated carbocycles. The van der Waals surface area contributed by atoms with E-state index in [0.717, 1.165) is 32.5 Å². The van der Waals surface area contributed by atoms with Gasteiger partial charge in [-0.1, -0.05) is 30.3 Å². The van der Waals surface area contributed by atoms with E-state index < -0.39 is 0 Å². The number of nitrogens with one attached hydrogen (secondary N) is 1. The quantitative estimate of drug-likeness (QED) is 0.875. The van der Waals surface area contributed by atoms with Gasteiger partial charge in [-0.15, -0.1) is 0 Å². The summed E-state index contributed by atoms with van der Waals surface area (Å²) in [5.74, 6) is 0. The number of aromatic nitrogens is 2. The van der Waals surface area contributed by atoms with Gasteiger partial charge in [-0.2, -0.15) is 5.10 Å². The van der Waals surface area contributed by atoms with Gasteiger partial charge in [-0.25, -0.2) is 0 Å². The molecule has 2 heterocycles. The van der Waals surface area contributed by atoms with Gasteiger partial charge in [-0.05, 0) is 18.4 Å². The molecule has 0 saturated heterocycles. The molecule has 0 fully saturated rings. The fourth-order valence-electron chi connectivity index (χ4n) is 2.28. The number of fused-ring (bicyclic) bond motifs is 1. The molecule has 0 atom stereocenters. The van der Waals surface area contributed by atoms with Crippen molar-refractivity contribution in [3.63, 3.8) is 0 Å². The Hall–Kier alpha value is -1.61. The summed E-state index contributed by atoms with van der Waals surface area (Å²) in [7, 11) is 0. The Morgan fingerprint density at radius 3 is 2.94 bits per heavy atom. The smallest absolute Gasteiger partial charge is 0.0753 e. The fraction of sp³-hybridized carbons (Fsp3) is 0.357. The lowest BCUT2D eigenvalue weighted by Gasteiger charge is -2.12. The maximum atomic E-state index is 5.49. The molecule has 3 nitrogen and oxygen atoms in total. The van der Waals surface area contributed by atoms with Crippen LogP contribution in [0.15, 0.2) is 30.3 Å². The lowest BCUT2D eigenvalue weighted by molar-refractivity contribution is 0.109. The minimum absolute atomic E-state index is 0.718. The molecule has 88 valence electrons. The molecular formula is C14H16N2O. The zero-order valence-electron chi connectivity index (χ0n) is 9.78. The van der Waals surface area contributed by atoms with Gasteiger partial charge in [0, 0.05) is 17.7 Å². The molecule has 1 aromatic heterocycles. The summed E-state index contributed by atoms with van der Waals surface area (Å²) in [6, 6.07) is 10.5. The van der Waals surface area contributed by atoms with Crippen molar-refractivity contribution in [3.05, 3.63) is 52.8 Å². The molecule has 0 spiro atoms. The monoisotopic (exact) mass is 228 g/mol. The number of hydrogen-bond donors (Lipinski definition) is 1. The van der Waals surface area contributed by atoms with Crippen LogP contribution in [0, 0.1) is 0 Å². The summed E-state index contributed by atoms with van der Waals surface area (Å²) in [6.45, 7) is 1.53. The van der Waals surface area contributed by atoms with Crippen LogP contribution < -0.4 is 0 Å². The van der Waals surface area contributed by atoms with Crippen molar-refractivity contribution in [3.8, 4) is 0 Å². The number of H-pyrrole nitrogens is 1. The highest BCUT2D eigenvalue weighted by molar-refractivity contribution is 5.27. The van der Waals surface area contributed by atoms with Gasteiger partial charge in [0.2, 0.25) is 0 Å². The first-order valence-electron chi connectivity index (χ1n) is 6.10. The standard InChI is InChI=1S/C14H16N2O/c1-2-4-11(5-3-1)6-7-13-12-10-17-9-8-14(12)16-15-13/h1-5H,6-10H2,(H,15,16). The SMILES string of the molecule is c1ccc(CCc2n[nH]c3c2COCC3)cc1. The molecule has 0 radical (unpaired) electrons. The zero-order chi connectivity index (χ0) is 11.5. The third-order valence-electron chi connectivity index (χ3n) is 3.27. The van der Waals surface area contributed by atoms with Crippen molar-refractivity contribution in [2.45, 2.75) is 25.9 Å². The third-order valence-corrected chi connectivity index (χ3v) is 3.27. The van der Waals surface area contributed by atoms with Gasteiger partial charge in [0.1, 0.15) is 0 Å². The molecule has 0 amide bonds. The number of aryl methyl sites for hydroxylation is 2. The maximum absolute atomic E-state index is 5.49. The predicted molar refractivity (Wildman–Crippen MR) is 65.8 cm³/mol. The lowest BCUT2D eigenvalue weighted by Crippen LogP contribution is -2.10. The van der Waals surface area contributed by atoms with Gasteiger partial charge < -0.3 is 4.74 Å². The van der Waals surface area contributed by atoms with Crippen LogP contribution in [-0.2, 0) is 30.6 Å². The van der Waals surface area contributed by atoms with E-state index in [9.17, 15) is 0 Å². The van der Waals surface area contributed by atoms with Crippen molar-refractivity contribution in [2.75, 3.05) is 6.61 Å². The topological polar surface area (TPSA) is 37.9 Å². The maximum Gasteiger partial charge on any atom is 0.0753 e. The molecule has 0 aliphatic carbocycles. The van der Waals surface area contributed by atoms with E-state index in [0.29, 0.717) is 0 Å². The van der Waals surface area contributed by atoms with Crippen molar-refractivity contribution < 1.29 is 4.74 Å². The van der Waals surface area contributed by atoms with Gasteiger partial charge in [0.05, 0.1) is 18.9 Å². The molecule has 1 aliphatic heterocycles. The second kappa shape index (κ2) is 4.72. The Kier molecular flexibility index (Phi) is 2.92. The molecule has 2 aromatic rings. The van der Waals surface area contributed by atoms with Gasteiger partial charge >= 0.3 is 0 Å². The Labute approximate surface area is 101 Å². The van der Waals surface area contributed by atoms with Crippen molar-refractivity contribution in [2.24, 2.45) is 0 Å². The Morgan fingerprint density at radius 1 is 1.18 bits per heavy atom. The van der Waals surface area contributed by atoms with Crippen LogP contribution in [0.2, 0.25) is 0 Å². The minimum atomic E-state index is 0.718. The first-order valence-corrected chi connectivity index (χ1v) is 6.10. The van der Waals surface area contributed by atoms with Crippen molar-refractivity contribution >= 4 is 0 Å². The Bertz CT molecular complexity index is 490. The van der Waals surface area contributed by atoms with Crippen LogP contribution in [0.3, 0.4) is 0 Å². The van der Waals surface area contributed by atoms with E-state index in [2.05, 4.69) is 34.5 Å². The van der Waals surface area contributed by atoms with Crippen LogP contribution in [0.25, 0.3) is 0 Å². The van der Waals surface area contributed by atoms with E-state index in [1.165, 1.54) is 22.5 Å². The molecule has 3 rings (SSSR count). The highest BCUT2D eigenvalue weighted by Gasteiger charge is 2.16. The molecular weight excluding hydrogens is 212 g/mol. The fourth-order valence-corrected chi connectivity index (χ4v) is 2.28. The third kappa shape index (κ3) is 2.24. The van der Waals surface area contributed by atoms with Gasteiger partial charge in [0.15, 0.2) is 0 Å². The second-order valence-corrected chi connectivity index (χ2v) is 4.42. The summed E-state index contributed by atoms with van der Waals surface area (Å²) in [5.41, 5.74) is 5.08. The number of ether oxygens (including phenoxy) is 1. The van der Waals surface area contributed by atoms with Crippen molar-refractivity contribution in [1.29, 1.82) is 0 Å². The van der Waals surface area contributed by atoms with E-state index in [4.69, 9.17) is 4.74 Å². The number of benzene rings is 1. The molecule has 17 heavy (non-hydrogen) atoms. The molecule has 1 aromatic carbocycles. The number of aromatic amines is 1. The summed E-state index contributed by atoms with van der Waals surface area (Å²) in [6.07, 6.45) is 2.99. The lowest BCUT2D eigenvalue weighted by atomic mass is 10.0.